The van der Waals surface area contributed by atoms with Crippen molar-refractivity contribution >= 4 is 29.5 Å². The Balaban J connectivity index is 1.68. The largest absolute Gasteiger partial charge is 0.353 e. The normalized spacial score (nSPS) is 22.4. The zero-order valence-electron chi connectivity index (χ0n) is 11.7. The summed E-state index contributed by atoms with van der Waals surface area (Å²) in [4.78, 5) is 36.6. The number of likely N-dealkylation sites (tertiary alicyclic amines) is 1. The van der Waals surface area contributed by atoms with E-state index in [0.717, 1.165) is 12.8 Å². The van der Waals surface area contributed by atoms with Gasteiger partial charge in [-0.1, -0.05) is 0 Å². The fourth-order valence-electron chi connectivity index (χ4n) is 2.06. The van der Waals surface area contributed by atoms with Gasteiger partial charge < -0.3 is 10.6 Å². The first-order valence-corrected chi connectivity index (χ1v) is 8.06. The predicted molar refractivity (Wildman–Crippen MR) is 77.3 cm³/mol. The van der Waals surface area contributed by atoms with Gasteiger partial charge in [0, 0.05) is 37.7 Å². The van der Waals surface area contributed by atoms with Crippen molar-refractivity contribution in [2.45, 2.75) is 37.0 Å². The summed E-state index contributed by atoms with van der Waals surface area (Å²) in [5, 5.41) is 5.53. The minimum Gasteiger partial charge on any atom is -0.353 e. The molecule has 1 heterocycles. The summed E-state index contributed by atoms with van der Waals surface area (Å²) in [6.45, 7) is 1.03. The van der Waals surface area contributed by atoms with Crippen LogP contribution in [0.2, 0.25) is 0 Å². The number of nitrogens with zero attached hydrogens (tertiary/aromatic N) is 1. The highest BCUT2D eigenvalue weighted by Crippen LogP contribution is 2.25. The van der Waals surface area contributed by atoms with Gasteiger partial charge in [0.25, 0.3) is 0 Å². The molecule has 1 saturated carbocycles. The van der Waals surface area contributed by atoms with Gasteiger partial charge in [0.1, 0.15) is 0 Å². The molecule has 2 aliphatic rings. The molecule has 7 heteroatoms. The maximum absolute atomic E-state index is 12.0. The van der Waals surface area contributed by atoms with Crippen LogP contribution in [0.5, 0.6) is 0 Å². The Bertz CT molecular complexity index is 398. The van der Waals surface area contributed by atoms with Gasteiger partial charge >= 0.3 is 0 Å². The van der Waals surface area contributed by atoms with Crippen molar-refractivity contribution in [3.63, 3.8) is 0 Å². The minimum atomic E-state index is -0.312. The Labute approximate surface area is 123 Å². The van der Waals surface area contributed by atoms with Gasteiger partial charge in [0.15, 0.2) is 0 Å². The molecule has 0 aromatic carbocycles. The van der Waals surface area contributed by atoms with Crippen molar-refractivity contribution in [2.75, 3.05) is 25.9 Å². The highest BCUT2D eigenvalue weighted by Gasteiger charge is 2.38. The summed E-state index contributed by atoms with van der Waals surface area (Å²) in [7, 11) is 1.79. The second-order valence-electron chi connectivity index (χ2n) is 5.14. The molecule has 1 saturated heterocycles. The van der Waals surface area contributed by atoms with Gasteiger partial charge in [0.2, 0.25) is 17.7 Å². The van der Waals surface area contributed by atoms with Crippen LogP contribution in [-0.2, 0) is 14.4 Å². The number of imide groups is 1. The van der Waals surface area contributed by atoms with Crippen molar-refractivity contribution in [3.8, 4) is 0 Å². The topological polar surface area (TPSA) is 78.5 Å². The number of rotatable bonds is 8. The van der Waals surface area contributed by atoms with E-state index in [-0.39, 0.29) is 29.4 Å². The molecule has 1 aliphatic carbocycles. The maximum Gasteiger partial charge on any atom is 0.242 e. The predicted octanol–water partition coefficient (Wildman–Crippen LogP) is -0.265. The highest BCUT2D eigenvalue weighted by atomic mass is 32.2. The molecule has 1 unspecified atom stereocenters. The Morgan fingerprint density at radius 1 is 1.40 bits per heavy atom. The second-order valence-corrected chi connectivity index (χ2v) is 6.45. The zero-order valence-corrected chi connectivity index (χ0v) is 12.5. The molecule has 2 rings (SSSR count). The van der Waals surface area contributed by atoms with Crippen molar-refractivity contribution < 1.29 is 14.4 Å². The molecule has 2 N–H and O–H groups in total. The van der Waals surface area contributed by atoms with Crippen LogP contribution in [-0.4, -0.2) is 59.8 Å². The van der Waals surface area contributed by atoms with Crippen LogP contribution in [0.3, 0.4) is 0 Å². The summed E-state index contributed by atoms with van der Waals surface area (Å²) >= 11 is 1.42. The van der Waals surface area contributed by atoms with Crippen molar-refractivity contribution in [1.82, 2.24) is 15.5 Å². The molecule has 2 fully saturated rings. The summed E-state index contributed by atoms with van der Waals surface area (Å²) in [5.41, 5.74) is 0. The van der Waals surface area contributed by atoms with E-state index in [9.17, 15) is 14.4 Å². The lowest BCUT2D eigenvalue weighted by molar-refractivity contribution is -0.138. The third kappa shape index (κ3) is 4.21. The lowest BCUT2D eigenvalue weighted by Gasteiger charge is -2.14. The smallest absolute Gasteiger partial charge is 0.242 e. The van der Waals surface area contributed by atoms with E-state index < -0.39 is 0 Å². The molecule has 0 aromatic heterocycles. The van der Waals surface area contributed by atoms with Gasteiger partial charge in [-0.3, -0.25) is 19.3 Å². The van der Waals surface area contributed by atoms with Gasteiger partial charge in [-0.15, -0.1) is 11.8 Å². The Morgan fingerprint density at radius 3 is 2.80 bits per heavy atom. The standard InChI is InChI=1S/C13H21N3O3S/c1-14-5-6-16-12(18)8-10(13(16)19)20-7-4-11(17)15-9-2-3-9/h9-10,14H,2-8H2,1H3,(H,15,17). The average Bonchev–Trinajstić information content (AvgIpc) is 3.17. The molecule has 1 aliphatic heterocycles. The number of hydrogen-bond donors (Lipinski definition) is 2. The maximum atomic E-state index is 12.0. The fourth-order valence-corrected chi connectivity index (χ4v) is 3.18. The second kappa shape index (κ2) is 7.08. The van der Waals surface area contributed by atoms with Crippen LogP contribution in [0, 0.1) is 0 Å². The van der Waals surface area contributed by atoms with E-state index in [1.54, 1.807) is 7.05 Å². The van der Waals surface area contributed by atoms with E-state index >= 15 is 0 Å². The van der Waals surface area contributed by atoms with E-state index in [4.69, 9.17) is 0 Å². The summed E-state index contributed by atoms with van der Waals surface area (Å²) in [6.07, 6.45) is 2.83. The Hall–Kier alpha value is -1.08. The van der Waals surface area contributed by atoms with Crippen molar-refractivity contribution in [2.24, 2.45) is 0 Å². The lowest BCUT2D eigenvalue weighted by Crippen LogP contribution is -2.36. The summed E-state index contributed by atoms with van der Waals surface area (Å²) < 4.78 is 0. The number of carbonyl (C=O) groups is 3. The molecule has 6 nitrogen and oxygen atoms in total. The van der Waals surface area contributed by atoms with E-state index in [1.807, 2.05) is 0 Å². The van der Waals surface area contributed by atoms with Crippen LogP contribution < -0.4 is 10.6 Å². The van der Waals surface area contributed by atoms with Crippen LogP contribution in [0.1, 0.15) is 25.7 Å². The molecule has 1 atom stereocenters. The minimum absolute atomic E-state index is 0.0452. The number of hydrogen-bond acceptors (Lipinski definition) is 5. The first-order chi connectivity index (χ1) is 9.61. The van der Waals surface area contributed by atoms with Crippen LogP contribution in [0.15, 0.2) is 0 Å². The molecule has 0 spiro atoms. The van der Waals surface area contributed by atoms with Crippen LogP contribution >= 0.6 is 11.8 Å². The zero-order chi connectivity index (χ0) is 14.5. The van der Waals surface area contributed by atoms with Crippen LogP contribution in [0.4, 0.5) is 0 Å². The number of carbonyl (C=O) groups excluding carboxylic acids is 3. The number of thioether (sulfide) groups is 1. The van der Waals surface area contributed by atoms with Crippen molar-refractivity contribution in [3.05, 3.63) is 0 Å². The summed E-state index contributed by atoms with van der Waals surface area (Å²) in [6, 6.07) is 0.374. The number of amides is 3. The van der Waals surface area contributed by atoms with Gasteiger partial charge in [-0.2, -0.15) is 0 Å². The molecular formula is C13H21N3O3S. The molecule has 3 amide bonds. The average molecular weight is 299 g/mol. The SMILES string of the molecule is CNCCN1C(=O)CC(SCCC(=O)NC2CC2)C1=O. The quantitative estimate of drug-likeness (QED) is 0.604. The molecule has 0 radical (unpaired) electrons. The summed E-state index contributed by atoms with van der Waals surface area (Å²) in [5.74, 6) is 0.411. The van der Waals surface area contributed by atoms with E-state index in [0.29, 0.717) is 31.3 Å². The Kier molecular flexibility index (Phi) is 5.42. The number of nitrogens with one attached hydrogen (secondary N) is 2. The molecular weight excluding hydrogens is 278 g/mol. The van der Waals surface area contributed by atoms with Gasteiger partial charge in [0.05, 0.1) is 5.25 Å². The molecule has 112 valence electrons. The fraction of sp³-hybridized carbons (Fsp3) is 0.769. The number of likely N-dealkylation sites (N-methyl/N-ethyl adjacent to an activating group) is 1. The lowest BCUT2D eigenvalue weighted by atomic mass is 10.3. The monoisotopic (exact) mass is 299 g/mol. The van der Waals surface area contributed by atoms with Crippen molar-refractivity contribution in [1.29, 1.82) is 0 Å². The molecule has 20 heavy (non-hydrogen) atoms. The Morgan fingerprint density at radius 2 is 2.15 bits per heavy atom. The van der Waals surface area contributed by atoms with Crippen LogP contribution in [0.25, 0.3) is 0 Å². The third-order valence-electron chi connectivity index (χ3n) is 3.38. The van der Waals surface area contributed by atoms with E-state index in [2.05, 4.69) is 10.6 Å². The van der Waals surface area contributed by atoms with Gasteiger partial charge in [-0.05, 0) is 19.9 Å². The molecule has 0 aromatic rings. The first kappa shape index (κ1) is 15.3. The van der Waals surface area contributed by atoms with E-state index in [1.165, 1.54) is 16.7 Å². The highest BCUT2D eigenvalue weighted by molar-refractivity contribution is 8.00. The third-order valence-corrected chi connectivity index (χ3v) is 4.59. The van der Waals surface area contributed by atoms with Gasteiger partial charge in [-0.25, -0.2) is 0 Å². The first-order valence-electron chi connectivity index (χ1n) is 7.01. The molecule has 0 bridgehead atoms.